The number of amides is 1. The number of thioether (sulfide) groups is 1. The number of aromatic nitrogens is 3. The lowest BCUT2D eigenvalue weighted by molar-refractivity contribution is -0.115. The van der Waals surface area contributed by atoms with Gasteiger partial charge in [0, 0.05) is 22.3 Å². The largest absolute Gasteiger partial charge is 0.497 e. The third-order valence-corrected chi connectivity index (χ3v) is 5.70. The zero-order valence-corrected chi connectivity index (χ0v) is 18.3. The molecule has 1 atom stereocenters. The summed E-state index contributed by atoms with van der Waals surface area (Å²) in [4.78, 5) is 12.6. The summed E-state index contributed by atoms with van der Waals surface area (Å²) < 4.78 is 8.13. The highest BCUT2D eigenvalue weighted by molar-refractivity contribution is 9.10. The van der Waals surface area contributed by atoms with Gasteiger partial charge < -0.3 is 14.6 Å². The molecule has 1 unspecified atom stereocenters. The monoisotopic (exact) mass is 460 g/mol. The Morgan fingerprint density at radius 1 is 1.25 bits per heavy atom. The molecular weight excluding hydrogens is 440 g/mol. The number of ether oxygens (including phenoxy) is 1. The lowest BCUT2D eigenvalue weighted by Gasteiger charge is -2.13. The Kier molecular flexibility index (Phi) is 6.74. The molecule has 3 aromatic rings. The van der Waals surface area contributed by atoms with Crippen molar-refractivity contribution >= 4 is 39.3 Å². The number of nitrogens with zero attached hydrogens (tertiary/aromatic N) is 3. The first-order valence-electron chi connectivity index (χ1n) is 8.82. The number of benzene rings is 2. The lowest BCUT2D eigenvalue weighted by atomic mass is 10.2. The molecule has 0 bridgehead atoms. The number of anilines is 1. The molecule has 1 aromatic heterocycles. The van der Waals surface area contributed by atoms with E-state index in [1.165, 1.54) is 11.8 Å². The molecular formula is C20H21BrN4O2S. The van der Waals surface area contributed by atoms with E-state index in [4.69, 9.17) is 4.74 Å². The van der Waals surface area contributed by atoms with Crippen LogP contribution in [0.3, 0.4) is 0 Å². The van der Waals surface area contributed by atoms with Gasteiger partial charge in [-0.25, -0.2) is 0 Å². The van der Waals surface area contributed by atoms with Crippen LogP contribution in [0.25, 0.3) is 11.4 Å². The molecule has 3 rings (SSSR count). The van der Waals surface area contributed by atoms with Crippen LogP contribution in [-0.2, 0) is 11.3 Å². The second-order valence-electron chi connectivity index (χ2n) is 6.04. The van der Waals surface area contributed by atoms with Crippen LogP contribution in [0.15, 0.2) is 58.2 Å². The fourth-order valence-corrected chi connectivity index (χ4v) is 3.95. The summed E-state index contributed by atoms with van der Waals surface area (Å²) >= 11 is 4.80. The molecule has 1 heterocycles. The quantitative estimate of drug-likeness (QED) is 0.510. The van der Waals surface area contributed by atoms with Crippen LogP contribution in [0.2, 0.25) is 0 Å². The molecule has 0 aliphatic rings. The highest BCUT2D eigenvalue weighted by Gasteiger charge is 2.20. The van der Waals surface area contributed by atoms with Crippen LogP contribution in [0.4, 0.5) is 5.69 Å². The third-order valence-electron chi connectivity index (χ3n) is 4.12. The number of hydrogen-bond acceptors (Lipinski definition) is 5. The number of carbonyl (C=O) groups is 1. The van der Waals surface area contributed by atoms with Crippen molar-refractivity contribution in [3.8, 4) is 17.1 Å². The van der Waals surface area contributed by atoms with Crippen molar-refractivity contribution < 1.29 is 9.53 Å². The van der Waals surface area contributed by atoms with E-state index in [2.05, 4.69) is 31.4 Å². The van der Waals surface area contributed by atoms with Gasteiger partial charge in [-0.1, -0.05) is 33.8 Å². The van der Waals surface area contributed by atoms with Gasteiger partial charge in [-0.2, -0.15) is 0 Å². The van der Waals surface area contributed by atoms with E-state index in [-0.39, 0.29) is 11.2 Å². The van der Waals surface area contributed by atoms with Crippen LogP contribution in [-0.4, -0.2) is 33.0 Å². The van der Waals surface area contributed by atoms with E-state index in [1.807, 2.05) is 66.9 Å². The first-order chi connectivity index (χ1) is 13.5. The van der Waals surface area contributed by atoms with Crippen LogP contribution in [0.1, 0.15) is 13.8 Å². The number of halogens is 1. The first kappa shape index (κ1) is 20.4. The molecule has 0 fully saturated rings. The van der Waals surface area contributed by atoms with Crippen LogP contribution >= 0.6 is 27.7 Å². The van der Waals surface area contributed by atoms with Crippen molar-refractivity contribution in [1.29, 1.82) is 0 Å². The SMILES string of the molecule is CCn1c(SC(C)C(=O)Nc2cccc(Br)c2)nnc1-c1ccc(OC)cc1. The molecule has 0 aliphatic carbocycles. The van der Waals surface area contributed by atoms with Crippen molar-refractivity contribution in [1.82, 2.24) is 14.8 Å². The topological polar surface area (TPSA) is 69.0 Å². The maximum absolute atomic E-state index is 12.6. The van der Waals surface area contributed by atoms with Crippen LogP contribution in [0, 0.1) is 0 Å². The van der Waals surface area contributed by atoms with Gasteiger partial charge in [0.25, 0.3) is 0 Å². The Morgan fingerprint density at radius 3 is 2.64 bits per heavy atom. The van der Waals surface area contributed by atoms with Gasteiger partial charge in [-0.15, -0.1) is 10.2 Å². The van der Waals surface area contributed by atoms with Gasteiger partial charge in [0.2, 0.25) is 5.91 Å². The van der Waals surface area contributed by atoms with Crippen molar-refractivity contribution in [2.24, 2.45) is 0 Å². The van der Waals surface area contributed by atoms with Gasteiger partial charge in [0.15, 0.2) is 11.0 Å². The maximum atomic E-state index is 12.6. The van der Waals surface area contributed by atoms with Gasteiger partial charge in [-0.3, -0.25) is 4.79 Å². The van der Waals surface area contributed by atoms with E-state index in [1.54, 1.807) is 7.11 Å². The lowest BCUT2D eigenvalue weighted by Crippen LogP contribution is -2.22. The van der Waals surface area contributed by atoms with Crippen molar-refractivity contribution in [3.63, 3.8) is 0 Å². The second kappa shape index (κ2) is 9.25. The highest BCUT2D eigenvalue weighted by atomic mass is 79.9. The second-order valence-corrected chi connectivity index (χ2v) is 8.26. The Morgan fingerprint density at radius 2 is 2.00 bits per heavy atom. The molecule has 146 valence electrons. The number of nitrogens with one attached hydrogen (secondary N) is 1. The summed E-state index contributed by atoms with van der Waals surface area (Å²) in [6, 6.07) is 15.2. The van der Waals surface area contributed by atoms with Crippen molar-refractivity contribution in [2.45, 2.75) is 30.8 Å². The van der Waals surface area contributed by atoms with Crippen LogP contribution < -0.4 is 10.1 Å². The average Bonchev–Trinajstić information content (AvgIpc) is 3.10. The van der Waals surface area contributed by atoms with E-state index in [0.29, 0.717) is 11.7 Å². The predicted octanol–water partition coefficient (Wildman–Crippen LogP) is 4.86. The minimum absolute atomic E-state index is 0.0836. The summed E-state index contributed by atoms with van der Waals surface area (Å²) in [5.41, 5.74) is 1.70. The average molecular weight is 461 g/mol. The Hall–Kier alpha value is -2.32. The van der Waals surface area contributed by atoms with Crippen molar-refractivity contribution in [2.75, 3.05) is 12.4 Å². The van der Waals surface area contributed by atoms with Gasteiger partial charge in [0.05, 0.1) is 12.4 Å². The molecule has 0 spiro atoms. The zero-order valence-electron chi connectivity index (χ0n) is 15.8. The summed E-state index contributed by atoms with van der Waals surface area (Å²) in [7, 11) is 1.64. The Labute approximate surface area is 176 Å². The summed E-state index contributed by atoms with van der Waals surface area (Å²) in [5, 5.41) is 12.0. The molecule has 8 heteroatoms. The predicted molar refractivity (Wildman–Crippen MR) is 116 cm³/mol. The fourth-order valence-electron chi connectivity index (χ4n) is 2.64. The number of rotatable bonds is 7. The fraction of sp³-hybridized carbons (Fsp3) is 0.250. The van der Waals surface area contributed by atoms with E-state index < -0.39 is 0 Å². The molecule has 2 aromatic carbocycles. The molecule has 0 aliphatic heterocycles. The molecule has 28 heavy (non-hydrogen) atoms. The first-order valence-corrected chi connectivity index (χ1v) is 10.5. The molecule has 0 saturated heterocycles. The molecule has 0 saturated carbocycles. The highest BCUT2D eigenvalue weighted by Crippen LogP contribution is 2.28. The molecule has 1 amide bonds. The molecule has 6 nitrogen and oxygen atoms in total. The van der Waals surface area contributed by atoms with Crippen LogP contribution in [0.5, 0.6) is 5.75 Å². The maximum Gasteiger partial charge on any atom is 0.237 e. The van der Waals surface area contributed by atoms with E-state index in [9.17, 15) is 4.79 Å². The van der Waals surface area contributed by atoms with Gasteiger partial charge >= 0.3 is 0 Å². The summed E-state index contributed by atoms with van der Waals surface area (Å²) in [6.45, 7) is 4.60. The summed E-state index contributed by atoms with van der Waals surface area (Å²) in [6.07, 6.45) is 0. The van der Waals surface area contributed by atoms with Crippen molar-refractivity contribution in [3.05, 3.63) is 53.0 Å². The molecule has 1 N–H and O–H groups in total. The Bertz CT molecular complexity index is 959. The smallest absolute Gasteiger partial charge is 0.237 e. The van der Waals surface area contributed by atoms with E-state index in [0.717, 1.165) is 27.3 Å². The normalized spacial score (nSPS) is 11.9. The Balaban J connectivity index is 1.74. The standard InChI is InChI=1S/C20H21BrN4O2S/c1-4-25-18(14-8-10-17(27-3)11-9-14)23-24-20(25)28-13(2)19(26)22-16-7-5-6-15(21)12-16/h5-13H,4H2,1-3H3,(H,22,26). The molecule has 0 radical (unpaired) electrons. The van der Waals surface area contributed by atoms with E-state index >= 15 is 0 Å². The number of carbonyl (C=O) groups excluding carboxylic acids is 1. The van der Waals surface area contributed by atoms with Gasteiger partial charge in [0.1, 0.15) is 5.75 Å². The minimum atomic E-state index is -0.322. The number of hydrogen-bond donors (Lipinski definition) is 1. The third kappa shape index (κ3) is 4.74. The van der Waals surface area contributed by atoms with Gasteiger partial charge in [-0.05, 0) is 56.3 Å². The minimum Gasteiger partial charge on any atom is -0.497 e. The summed E-state index contributed by atoms with van der Waals surface area (Å²) in [5.74, 6) is 1.48. The number of methoxy groups -OCH3 is 1. The zero-order chi connectivity index (χ0) is 20.1.